The molecular weight excluding hydrogens is 186 g/mol. The molecule has 1 rings (SSSR count). The molecule has 2 atom stereocenters. The van der Waals surface area contributed by atoms with Crippen LogP contribution in [0.25, 0.3) is 0 Å². The Morgan fingerprint density at radius 2 is 2.20 bits per heavy atom. The Kier molecular flexibility index (Phi) is 4.82. The number of imidazole rings is 1. The summed E-state index contributed by atoms with van der Waals surface area (Å²) in [5.74, 6) is 1.70. The minimum atomic E-state index is 0.230. The molecule has 0 aromatic carbocycles. The third-order valence-corrected chi connectivity index (χ3v) is 3.06. The van der Waals surface area contributed by atoms with Crippen molar-refractivity contribution in [2.45, 2.75) is 52.6 Å². The number of hydrogen-bond donors (Lipinski definition) is 1. The molecule has 0 aliphatic heterocycles. The highest BCUT2D eigenvalue weighted by Gasteiger charge is 2.14. The number of aromatic nitrogens is 2. The molecule has 1 heterocycles. The minimum Gasteiger partial charge on any atom is -0.335 e. The average molecular weight is 209 g/mol. The second-order valence-electron chi connectivity index (χ2n) is 4.29. The maximum atomic E-state index is 6.13. The highest BCUT2D eigenvalue weighted by molar-refractivity contribution is 4.95. The number of rotatable bonds is 6. The molecule has 0 aliphatic rings. The van der Waals surface area contributed by atoms with Gasteiger partial charge in [0.1, 0.15) is 5.82 Å². The topological polar surface area (TPSA) is 43.8 Å². The third kappa shape index (κ3) is 3.34. The van der Waals surface area contributed by atoms with E-state index in [1.807, 2.05) is 12.4 Å². The van der Waals surface area contributed by atoms with Crippen LogP contribution in [0, 0.1) is 5.92 Å². The molecule has 0 spiro atoms. The average Bonchev–Trinajstić information content (AvgIpc) is 2.65. The van der Waals surface area contributed by atoms with E-state index in [1.54, 1.807) is 0 Å². The summed E-state index contributed by atoms with van der Waals surface area (Å²) in [5, 5.41) is 0. The zero-order valence-electron chi connectivity index (χ0n) is 10.1. The summed E-state index contributed by atoms with van der Waals surface area (Å²) >= 11 is 0. The molecular formula is C12H23N3. The van der Waals surface area contributed by atoms with E-state index in [4.69, 9.17) is 5.73 Å². The predicted molar refractivity (Wildman–Crippen MR) is 63.7 cm³/mol. The number of nitrogens with zero attached hydrogens (tertiary/aromatic N) is 2. The van der Waals surface area contributed by atoms with E-state index in [1.165, 1.54) is 0 Å². The Labute approximate surface area is 92.7 Å². The van der Waals surface area contributed by atoms with Crippen LogP contribution in [-0.4, -0.2) is 15.6 Å². The monoisotopic (exact) mass is 209 g/mol. The van der Waals surface area contributed by atoms with E-state index in [0.29, 0.717) is 5.92 Å². The van der Waals surface area contributed by atoms with Gasteiger partial charge in [-0.25, -0.2) is 4.98 Å². The predicted octanol–water partition coefficient (Wildman–Crippen LogP) is 2.21. The molecule has 0 radical (unpaired) electrons. The molecule has 1 aromatic heterocycles. The zero-order valence-corrected chi connectivity index (χ0v) is 10.1. The minimum absolute atomic E-state index is 0.230. The molecule has 2 N–H and O–H groups in total. The third-order valence-electron chi connectivity index (χ3n) is 3.06. The van der Waals surface area contributed by atoms with Gasteiger partial charge in [0.15, 0.2) is 0 Å². The van der Waals surface area contributed by atoms with Crippen molar-refractivity contribution in [1.29, 1.82) is 0 Å². The van der Waals surface area contributed by atoms with Crippen molar-refractivity contribution >= 4 is 0 Å². The lowest BCUT2D eigenvalue weighted by Crippen LogP contribution is -2.31. The Bertz CT molecular complexity index is 280. The van der Waals surface area contributed by atoms with Crippen LogP contribution in [0.15, 0.2) is 12.4 Å². The second kappa shape index (κ2) is 5.91. The van der Waals surface area contributed by atoms with E-state index in [-0.39, 0.29) is 6.04 Å². The van der Waals surface area contributed by atoms with Crippen LogP contribution >= 0.6 is 0 Å². The molecule has 0 fully saturated rings. The van der Waals surface area contributed by atoms with Crippen molar-refractivity contribution in [1.82, 2.24) is 9.55 Å². The Morgan fingerprint density at radius 1 is 1.47 bits per heavy atom. The molecule has 2 unspecified atom stereocenters. The van der Waals surface area contributed by atoms with Crippen molar-refractivity contribution in [2.75, 3.05) is 0 Å². The number of nitrogens with two attached hydrogens (primary N) is 1. The van der Waals surface area contributed by atoms with Crippen LogP contribution in [0.3, 0.4) is 0 Å². The van der Waals surface area contributed by atoms with Gasteiger partial charge in [0, 0.05) is 31.4 Å². The Morgan fingerprint density at radius 3 is 2.80 bits per heavy atom. The lowest BCUT2D eigenvalue weighted by atomic mass is 9.97. The van der Waals surface area contributed by atoms with Crippen molar-refractivity contribution in [3.05, 3.63) is 18.2 Å². The van der Waals surface area contributed by atoms with Gasteiger partial charge in [0.2, 0.25) is 0 Å². The van der Waals surface area contributed by atoms with Crippen LogP contribution in [0.4, 0.5) is 0 Å². The van der Waals surface area contributed by atoms with Crippen molar-refractivity contribution < 1.29 is 0 Å². The molecule has 0 saturated carbocycles. The lowest BCUT2D eigenvalue weighted by molar-refractivity contribution is 0.427. The summed E-state index contributed by atoms with van der Waals surface area (Å²) in [5.41, 5.74) is 6.13. The first-order valence-corrected chi connectivity index (χ1v) is 5.94. The van der Waals surface area contributed by atoms with Crippen LogP contribution in [0.5, 0.6) is 0 Å². The Hall–Kier alpha value is -0.830. The van der Waals surface area contributed by atoms with E-state index in [2.05, 4.69) is 30.3 Å². The van der Waals surface area contributed by atoms with Gasteiger partial charge < -0.3 is 10.3 Å². The second-order valence-corrected chi connectivity index (χ2v) is 4.29. The van der Waals surface area contributed by atoms with Gasteiger partial charge in [-0.15, -0.1) is 0 Å². The molecule has 15 heavy (non-hydrogen) atoms. The highest BCUT2D eigenvalue weighted by atomic mass is 15.1. The molecule has 3 nitrogen and oxygen atoms in total. The SMILES string of the molecule is CCCn1ccnc1CC(N)C(C)CC. The van der Waals surface area contributed by atoms with Crippen LogP contribution in [0.2, 0.25) is 0 Å². The van der Waals surface area contributed by atoms with Gasteiger partial charge in [-0.05, 0) is 12.3 Å². The quantitative estimate of drug-likeness (QED) is 0.780. The van der Waals surface area contributed by atoms with Crippen LogP contribution < -0.4 is 5.73 Å². The van der Waals surface area contributed by atoms with Crippen molar-refractivity contribution in [3.63, 3.8) is 0 Å². The van der Waals surface area contributed by atoms with Gasteiger partial charge in [-0.3, -0.25) is 0 Å². The first-order chi connectivity index (χ1) is 7.19. The highest BCUT2D eigenvalue weighted by Crippen LogP contribution is 2.11. The summed E-state index contributed by atoms with van der Waals surface area (Å²) < 4.78 is 2.21. The van der Waals surface area contributed by atoms with Gasteiger partial charge in [0.25, 0.3) is 0 Å². The fraction of sp³-hybridized carbons (Fsp3) is 0.750. The van der Waals surface area contributed by atoms with E-state index < -0.39 is 0 Å². The Balaban J connectivity index is 2.59. The van der Waals surface area contributed by atoms with Gasteiger partial charge in [-0.1, -0.05) is 27.2 Å². The standard InChI is InChI=1S/C12H23N3/c1-4-7-15-8-6-14-12(15)9-11(13)10(3)5-2/h6,8,10-11H,4-5,7,9,13H2,1-3H3. The summed E-state index contributed by atoms with van der Waals surface area (Å²) in [4.78, 5) is 4.37. The fourth-order valence-electron chi connectivity index (χ4n) is 1.69. The first-order valence-electron chi connectivity index (χ1n) is 5.94. The molecule has 86 valence electrons. The smallest absolute Gasteiger partial charge is 0.110 e. The normalized spacial score (nSPS) is 15.2. The van der Waals surface area contributed by atoms with E-state index >= 15 is 0 Å². The fourth-order valence-corrected chi connectivity index (χ4v) is 1.69. The molecule has 1 aromatic rings. The van der Waals surface area contributed by atoms with Gasteiger partial charge in [-0.2, -0.15) is 0 Å². The molecule has 0 saturated heterocycles. The molecule has 0 bridgehead atoms. The number of aryl methyl sites for hydroxylation is 1. The zero-order chi connectivity index (χ0) is 11.3. The first kappa shape index (κ1) is 12.2. The lowest BCUT2D eigenvalue weighted by Gasteiger charge is -2.18. The molecule has 3 heteroatoms. The van der Waals surface area contributed by atoms with E-state index in [0.717, 1.165) is 31.6 Å². The number of hydrogen-bond acceptors (Lipinski definition) is 2. The molecule has 0 amide bonds. The largest absolute Gasteiger partial charge is 0.335 e. The molecule has 0 aliphatic carbocycles. The summed E-state index contributed by atoms with van der Waals surface area (Å²) in [7, 11) is 0. The van der Waals surface area contributed by atoms with E-state index in [9.17, 15) is 0 Å². The van der Waals surface area contributed by atoms with Crippen LogP contribution in [0.1, 0.15) is 39.4 Å². The van der Waals surface area contributed by atoms with Crippen molar-refractivity contribution in [3.8, 4) is 0 Å². The maximum Gasteiger partial charge on any atom is 0.110 e. The maximum absolute atomic E-state index is 6.13. The summed E-state index contributed by atoms with van der Waals surface area (Å²) in [6.07, 6.45) is 7.08. The van der Waals surface area contributed by atoms with Crippen LogP contribution in [-0.2, 0) is 13.0 Å². The van der Waals surface area contributed by atoms with Gasteiger partial charge >= 0.3 is 0 Å². The van der Waals surface area contributed by atoms with Gasteiger partial charge in [0.05, 0.1) is 0 Å². The summed E-state index contributed by atoms with van der Waals surface area (Å²) in [6.45, 7) is 7.61. The summed E-state index contributed by atoms with van der Waals surface area (Å²) in [6, 6.07) is 0.230. The van der Waals surface area contributed by atoms with Crippen molar-refractivity contribution in [2.24, 2.45) is 11.7 Å².